The van der Waals surface area contributed by atoms with Crippen molar-refractivity contribution < 1.29 is 14.3 Å². The molecule has 25 heavy (non-hydrogen) atoms. The van der Waals surface area contributed by atoms with Crippen molar-refractivity contribution in [2.45, 2.75) is 13.3 Å². The molecule has 1 aliphatic rings. The molecule has 1 aromatic rings. The SMILES string of the molecule is CCNC(=NCC(=O)N(C)C)NCCc1cc(Cl)c2c(c1)OCCO2. The molecule has 0 fully saturated rings. The third-order valence-corrected chi connectivity index (χ3v) is 3.86. The fourth-order valence-electron chi connectivity index (χ4n) is 2.26. The van der Waals surface area contributed by atoms with Crippen LogP contribution in [-0.4, -0.2) is 63.7 Å². The smallest absolute Gasteiger partial charge is 0.243 e. The first-order valence-electron chi connectivity index (χ1n) is 8.31. The van der Waals surface area contributed by atoms with Crippen molar-refractivity contribution in [2.75, 3.05) is 46.9 Å². The number of nitrogens with one attached hydrogen (secondary N) is 2. The summed E-state index contributed by atoms with van der Waals surface area (Å²) in [5.41, 5.74) is 1.04. The highest BCUT2D eigenvalue weighted by Crippen LogP contribution is 2.38. The lowest BCUT2D eigenvalue weighted by Crippen LogP contribution is -2.39. The molecule has 0 atom stereocenters. The fourth-order valence-corrected chi connectivity index (χ4v) is 2.55. The van der Waals surface area contributed by atoms with Gasteiger partial charge in [0.25, 0.3) is 0 Å². The number of guanidine groups is 1. The topological polar surface area (TPSA) is 75.2 Å². The summed E-state index contributed by atoms with van der Waals surface area (Å²) in [6.45, 7) is 4.50. The highest BCUT2D eigenvalue weighted by atomic mass is 35.5. The number of halogens is 1. The van der Waals surface area contributed by atoms with Crippen LogP contribution in [0.4, 0.5) is 0 Å². The molecule has 1 aromatic carbocycles. The molecule has 0 spiro atoms. The van der Waals surface area contributed by atoms with Crippen molar-refractivity contribution in [3.05, 3.63) is 22.7 Å². The van der Waals surface area contributed by atoms with E-state index in [2.05, 4.69) is 15.6 Å². The van der Waals surface area contributed by atoms with Crippen LogP contribution in [0.3, 0.4) is 0 Å². The second-order valence-electron chi connectivity index (χ2n) is 5.76. The number of benzene rings is 1. The molecular weight excluding hydrogens is 344 g/mol. The van der Waals surface area contributed by atoms with Crippen LogP contribution in [0, 0.1) is 0 Å². The van der Waals surface area contributed by atoms with E-state index in [-0.39, 0.29) is 12.5 Å². The normalized spacial score (nSPS) is 13.4. The second kappa shape index (κ2) is 9.36. The number of hydrogen-bond acceptors (Lipinski definition) is 4. The third kappa shape index (κ3) is 5.70. The molecule has 1 amide bonds. The van der Waals surface area contributed by atoms with Gasteiger partial charge in [-0.25, -0.2) is 4.99 Å². The number of rotatable bonds is 6. The Balaban J connectivity index is 1.92. The Labute approximate surface area is 153 Å². The zero-order valence-corrected chi connectivity index (χ0v) is 15.7. The summed E-state index contributed by atoms with van der Waals surface area (Å²) in [7, 11) is 3.42. The van der Waals surface area contributed by atoms with Crippen LogP contribution in [0.15, 0.2) is 17.1 Å². The lowest BCUT2D eigenvalue weighted by Gasteiger charge is -2.20. The van der Waals surface area contributed by atoms with Crippen molar-refractivity contribution >= 4 is 23.5 Å². The van der Waals surface area contributed by atoms with Gasteiger partial charge < -0.3 is 25.0 Å². The molecule has 0 bridgehead atoms. The number of nitrogens with zero attached hydrogens (tertiary/aromatic N) is 2. The summed E-state index contributed by atoms with van der Waals surface area (Å²) in [5.74, 6) is 1.87. The van der Waals surface area contributed by atoms with Gasteiger partial charge in [0.2, 0.25) is 5.91 Å². The van der Waals surface area contributed by atoms with Gasteiger partial charge in [0.05, 0.1) is 5.02 Å². The summed E-state index contributed by atoms with van der Waals surface area (Å²) >= 11 is 6.25. The molecule has 0 saturated carbocycles. The minimum Gasteiger partial charge on any atom is -0.486 e. The van der Waals surface area contributed by atoms with E-state index in [4.69, 9.17) is 21.1 Å². The molecular formula is C17H25ClN4O3. The lowest BCUT2D eigenvalue weighted by atomic mass is 10.1. The van der Waals surface area contributed by atoms with E-state index in [1.165, 1.54) is 4.90 Å². The Morgan fingerprint density at radius 2 is 2.04 bits per heavy atom. The Hall–Kier alpha value is -2.15. The van der Waals surface area contributed by atoms with E-state index in [9.17, 15) is 4.79 Å². The van der Waals surface area contributed by atoms with Gasteiger partial charge in [0.1, 0.15) is 19.8 Å². The molecule has 0 aliphatic carbocycles. The molecule has 0 unspecified atom stereocenters. The lowest BCUT2D eigenvalue weighted by molar-refractivity contribution is -0.127. The molecule has 1 heterocycles. The minimum atomic E-state index is -0.0455. The highest BCUT2D eigenvalue weighted by Gasteiger charge is 2.16. The first-order valence-corrected chi connectivity index (χ1v) is 8.69. The van der Waals surface area contributed by atoms with E-state index < -0.39 is 0 Å². The predicted molar refractivity (Wildman–Crippen MR) is 98.8 cm³/mol. The van der Waals surface area contributed by atoms with Crippen molar-refractivity contribution in [1.82, 2.24) is 15.5 Å². The Morgan fingerprint density at radius 3 is 2.76 bits per heavy atom. The van der Waals surface area contributed by atoms with E-state index in [1.807, 2.05) is 19.1 Å². The van der Waals surface area contributed by atoms with Crippen LogP contribution in [0.25, 0.3) is 0 Å². The summed E-state index contributed by atoms with van der Waals surface area (Å²) in [6, 6.07) is 3.83. The van der Waals surface area contributed by atoms with E-state index in [1.54, 1.807) is 14.1 Å². The maximum Gasteiger partial charge on any atom is 0.243 e. The summed E-state index contributed by atoms with van der Waals surface area (Å²) in [5, 5.41) is 6.90. The Kier molecular flexibility index (Phi) is 7.18. The quantitative estimate of drug-likeness (QED) is 0.584. The zero-order valence-electron chi connectivity index (χ0n) is 14.9. The van der Waals surface area contributed by atoms with Gasteiger partial charge in [-0.1, -0.05) is 11.6 Å². The van der Waals surface area contributed by atoms with E-state index in [0.717, 1.165) is 18.5 Å². The number of hydrogen-bond donors (Lipinski definition) is 2. The molecule has 138 valence electrons. The van der Waals surface area contributed by atoms with Crippen LogP contribution in [0.1, 0.15) is 12.5 Å². The van der Waals surface area contributed by atoms with Crippen molar-refractivity contribution in [3.63, 3.8) is 0 Å². The van der Waals surface area contributed by atoms with Gasteiger partial charge in [-0.15, -0.1) is 0 Å². The predicted octanol–water partition coefficient (Wildman–Crippen LogP) is 1.30. The van der Waals surface area contributed by atoms with Crippen LogP contribution in [0.2, 0.25) is 5.02 Å². The standard InChI is InChI=1S/C17H25ClN4O3/c1-4-19-17(21-11-15(23)22(2)3)20-6-5-12-9-13(18)16-14(10-12)24-7-8-25-16/h9-10H,4-8,11H2,1-3H3,(H2,19,20,21). The number of carbonyl (C=O) groups excluding carboxylic acids is 1. The van der Waals surface area contributed by atoms with Gasteiger partial charge in [-0.05, 0) is 31.0 Å². The number of fused-ring (bicyclic) bond motifs is 1. The van der Waals surface area contributed by atoms with Gasteiger partial charge in [-0.2, -0.15) is 0 Å². The van der Waals surface area contributed by atoms with Gasteiger partial charge >= 0.3 is 0 Å². The summed E-state index contributed by atoms with van der Waals surface area (Å²) in [6.07, 6.45) is 0.738. The van der Waals surface area contributed by atoms with Gasteiger partial charge in [0.15, 0.2) is 17.5 Å². The van der Waals surface area contributed by atoms with Crippen LogP contribution in [0.5, 0.6) is 11.5 Å². The van der Waals surface area contributed by atoms with Gasteiger partial charge in [0, 0.05) is 27.2 Å². The molecule has 0 aromatic heterocycles. The molecule has 0 radical (unpaired) electrons. The molecule has 7 nitrogen and oxygen atoms in total. The number of ether oxygens (including phenoxy) is 2. The summed E-state index contributed by atoms with van der Waals surface area (Å²) in [4.78, 5) is 17.4. The number of likely N-dealkylation sites (N-methyl/N-ethyl adjacent to an activating group) is 1. The van der Waals surface area contributed by atoms with Crippen molar-refractivity contribution in [3.8, 4) is 11.5 Å². The zero-order chi connectivity index (χ0) is 18.2. The number of amides is 1. The average molecular weight is 369 g/mol. The maximum absolute atomic E-state index is 11.6. The van der Waals surface area contributed by atoms with E-state index in [0.29, 0.717) is 42.2 Å². The molecule has 0 saturated heterocycles. The second-order valence-corrected chi connectivity index (χ2v) is 6.17. The van der Waals surface area contributed by atoms with Crippen LogP contribution >= 0.6 is 11.6 Å². The van der Waals surface area contributed by atoms with Crippen molar-refractivity contribution in [1.29, 1.82) is 0 Å². The molecule has 1 aliphatic heterocycles. The van der Waals surface area contributed by atoms with Crippen molar-refractivity contribution in [2.24, 2.45) is 4.99 Å². The molecule has 8 heteroatoms. The minimum absolute atomic E-state index is 0.0455. The first-order chi connectivity index (χ1) is 12.0. The number of aliphatic imine (C=N–C) groups is 1. The monoisotopic (exact) mass is 368 g/mol. The average Bonchev–Trinajstić information content (AvgIpc) is 2.59. The molecule has 2 N–H and O–H groups in total. The Morgan fingerprint density at radius 1 is 1.28 bits per heavy atom. The summed E-state index contributed by atoms with van der Waals surface area (Å²) < 4.78 is 11.1. The maximum atomic E-state index is 11.6. The Bertz CT molecular complexity index is 635. The third-order valence-electron chi connectivity index (χ3n) is 3.58. The highest BCUT2D eigenvalue weighted by molar-refractivity contribution is 6.32. The van der Waals surface area contributed by atoms with Crippen LogP contribution < -0.4 is 20.1 Å². The van der Waals surface area contributed by atoms with Gasteiger partial charge in [-0.3, -0.25) is 4.79 Å². The largest absolute Gasteiger partial charge is 0.486 e. The molecule has 2 rings (SSSR count). The van der Waals surface area contributed by atoms with E-state index >= 15 is 0 Å². The number of carbonyl (C=O) groups is 1. The first kappa shape index (κ1) is 19.2. The van der Waals surface area contributed by atoms with Crippen LogP contribution in [-0.2, 0) is 11.2 Å². The fraction of sp³-hybridized carbons (Fsp3) is 0.529.